The molecule has 0 aliphatic heterocycles. The molecule has 11 heavy (non-hydrogen) atoms. The lowest BCUT2D eigenvalue weighted by Crippen LogP contribution is -1.68. The summed E-state index contributed by atoms with van der Waals surface area (Å²) in [7, 11) is 0. The van der Waals surface area contributed by atoms with Crippen LogP contribution in [0.3, 0.4) is 0 Å². The SMILES string of the molecule is Cc1sc2sc(F)cc2c1F. The number of rotatable bonds is 0. The maximum absolute atomic E-state index is 13.0. The predicted molar refractivity (Wildman–Crippen MR) is 44.4 cm³/mol. The van der Waals surface area contributed by atoms with Crippen molar-refractivity contribution in [3.63, 3.8) is 0 Å². The fourth-order valence-corrected chi connectivity index (χ4v) is 3.08. The Labute approximate surface area is 70.1 Å². The molecule has 2 rings (SSSR count). The van der Waals surface area contributed by atoms with Crippen LogP contribution in [-0.4, -0.2) is 0 Å². The third-order valence-electron chi connectivity index (χ3n) is 1.46. The molecule has 0 unspecified atom stereocenters. The van der Waals surface area contributed by atoms with Crippen LogP contribution in [0.15, 0.2) is 6.07 Å². The van der Waals surface area contributed by atoms with E-state index in [0.29, 0.717) is 10.3 Å². The van der Waals surface area contributed by atoms with E-state index >= 15 is 0 Å². The minimum Gasteiger partial charge on any atom is -0.205 e. The predicted octanol–water partition coefficient (Wildman–Crippen LogP) is 3.55. The van der Waals surface area contributed by atoms with Gasteiger partial charge < -0.3 is 0 Å². The molecule has 0 aliphatic rings. The van der Waals surface area contributed by atoms with Crippen molar-refractivity contribution in [1.29, 1.82) is 0 Å². The van der Waals surface area contributed by atoms with E-state index in [4.69, 9.17) is 0 Å². The van der Waals surface area contributed by atoms with Gasteiger partial charge in [0.15, 0.2) is 5.13 Å². The lowest BCUT2D eigenvalue weighted by molar-refractivity contribution is 0.633. The van der Waals surface area contributed by atoms with Crippen LogP contribution >= 0.6 is 22.7 Å². The second kappa shape index (κ2) is 2.25. The molecule has 0 atom stereocenters. The highest BCUT2D eigenvalue weighted by atomic mass is 32.2. The molecule has 0 spiro atoms. The van der Waals surface area contributed by atoms with E-state index in [1.807, 2.05) is 0 Å². The highest BCUT2D eigenvalue weighted by Gasteiger charge is 2.11. The Bertz CT molecular complexity index is 400. The summed E-state index contributed by atoms with van der Waals surface area (Å²) in [5.41, 5.74) is 0. The molecule has 0 saturated heterocycles. The molecule has 0 nitrogen and oxygen atoms in total. The summed E-state index contributed by atoms with van der Waals surface area (Å²) < 4.78 is 26.3. The summed E-state index contributed by atoms with van der Waals surface area (Å²) in [6, 6.07) is 1.25. The summed E-state index contributed by atoms with van der Waals surface area (Å²) >= 11 is 2.30. The van der Waals surface area contributed by atoms with E-state index in [0.717, 1.165) is 15.4 Å². The molecule has 0 fully saturated rings. The van der Waals surface area contributed by atoms with Crippen LogP contribution in [0.25, 0.3) is 9.40 Å². The monoisotopic (exact) mass is 190 g/mol. The van der Waals surface area contributed by atoms with Gasteiger partial charge in [-0.05, 0) is 13.0 Å². The van der Waals surface area contributed by atoms with Gasteiger partial charge >= 0.3 is 0 Å². The lowest BCUT2D eigenvalue weighted by atomic mass is 10.3. The van der Waals surface area contributed by atoms with E-state index in [1.165, 1.54) is 17.4 Å². The van der Waals surface area contributed by atoms with Crippen LogP contribution in [-0.2, 0) is 0 Å². The molecule has 2 aromatic heterocycles. The first-order valence-electron chi connectivity index (χ1n) is 3.02. The van der Waals surface area contributed by atoms with Gasteiger partial charge in [-0.2, -0.15) is 4.39 Å². The van der Waals surface area contributed by atoms with Crippen molar-refractivity contribution in [2.45, 2.75) is 6.92 Å². The van der Waals surface area contributed by atoms with Crippen LogP contribution in [0.1, 0.15) is 4.88 Å². The zero-order valence-corrected chi connectivity index (χ0v) is 7.28. The first-order valence-corrected chi connectivity index (χ1v) is 4.65. The average molecular weight is 190 g/mol. The standard InChI is InChI=1S/C7H4F2S2/c1-3-6(9)4-2-5(8)11-7(4)10-3/h2H,1H3. The van der Waals surface area contributed by atoms with Gasteiger partial charge in [0.25, 0.3) is 0 Å². The van der Waals surface area contributed by atoms with Gasteiger partial charge in [0.05, 0.1) is 4.01 Å². The van der Waals surface area contributed by atoms with E-state index in [1.54, 1.807) is 6.92 Å². The van der Waals surface area contributed by atoms with Crippen LogP contribution in [0, 0.1) is 17.9 Å². The van der Waals surface area contributed by atoms with E-state index in [-0.39, 0.29) is 10.9 Å². The molecule has 0 N–H and O–H groups in total. The molecular formula is C7H4F2S2. The molecule has 2 aromatic rings. The van der Waals surface area contributed by atoms with Crippen molar-refractivity contribution in [3.05, 3.63) is 21.9 Å². The molecular weight excluding hydrogens is 186 g/mol. The maximum atomic E-state index is 13.0. The fraction of sp³-hybridized carbons (Fsp3) is 0.143. The topological polar surface area (TPSA) is 0 Å². The first kappa shape index (κ1) is 7.18. The van der Waals surface area contributed by atoms with Crippen LogP contribution in [0.2, 0.25) is 0 Å². The minimum atomic E-state index is -0.315. The molecule has 0 aromatic carbocycles. The normalized spacial score (nSPS) is 11.2. The molecule has 0 bridgehead atoms. The Morgan fingerprint density at radius 2 is 2.00 bits per heavy atom. The van der Waals surface area contributed by atoms with Gasteiger partial charge in [0.2, 0.25) is 0 Å². The zero-order chi connectivity index (χ0) is 8.01. The van der Waals surface area contributed by atoms with Gasteiger partial charge in [-0.15, -0.1) is 11.3 Å². The van der Waals surface area contributed by atoms with Crippen LogP contribution < -0.4 is 0 Å². The van der Waals surface area contributed by atoms with Crippen molar-refractivity contribution < 1.29 is 8.78 Å². The Hall–Kier alpha value is -0.480. The minimum absolute atomic E-state index is 0.273. The quantitative estimate of drug-likeness (QED) is 0.596. The average Bonchev–Trinajstić information content (AvgIpc) is 2.37. The fourth-order valence-electron chi connectivity index (χ4n) is 0.948. The van der Waals surface area contributed by atoms with Gasteiger partial charge in [0.1, 0.15) is 5.82 Å². The van der Waals surface area contributed by atoms with Gasteiger partial charge in [-0.25, -0.2) is 4.39 Å². The number of hydrogen-bond donors (Lipinski definition) is 0. The lowest BCUT2D eigenvalue weighted by Gasteiger charge is -1.79. The van der Waals surface area contributed by atoms with Gasteiger partial charge in [-0.1, -0.05) is 11.3 Å². The molecule has 0 amide bonds. The highest BCUT2D eigenvalue weighted by Crippen LogP contribution is 2.35. The van der Waals surface area contributed by atoms with Gasteiger partial charge in [-0.3, -0.25) is 0 Å². The number of aryl methyl sites for hydroxylation is 1. The second-order valence-electron chi connectivity index (χ2n) is 2.22. The number of hydrogen-bond acceptors (Lipinski definition) is 2. The largest absolute Gasteiger partial charge is 0.205 e. The van der Waals surface area contributed by atoms with Crippen molar-refractivity contribution in [2.24, 2.45) is 0 Å². The molecule has 0 saturated carbocycles. The second-order valence-corrected chi connectivity index (χ2v) is 4.71. The first-order chi connectivity index (χ1) is 5.18. The van der Waals surface area contributed by atoms with Crippen molar-refractivity contribution in [1.82, 2.24) is 0 Å². The van der Waals surface area contributed by atoms with E-state index in [2.05, 4.69) is 0 Å². The van der Waals surface area contributed by atoms with E-state index in [9.17, 15) is 8.78 Å². The Kier molecular flexibility index (Phi) is 1.47. The zero-order valence-electron chi connectivity index (χ0n) is 5.65. The summed E-state index contributed by atoms with van der Waals surface area (Å²) in [6.07, 6.45) is 0. The molecule has 0 radical (unpaired) electrons. The van der Waals surface area contributed by atoms with Crippen molar-refractivity contribution in [3.8, 4) is 0 Å². The summed E-state index contributed by atoms with van der Waals surface area (Å²) in [6.45, 7) is 1.70. The van der Waals surface area contributed by atoms with E-state index < -0.39 is 0 Å². The summed E-state index contributed by atoms with van der Waals surface area (Å²) in [5.74, 6) is -0.273. The molecule has 0 aliphatic carbocycles. The molecule has 4 heteroatoms. The summed E-state index contributed by atoms with van der Waals surface area (Å²) in [5, 5.41) is 0.111. The number of fused-ring (bicyclic) bond motifs is 1. The Morgan fingerprint density at radius 3 is 2.64 bits per heavy atom. The van der Waals surface area contributed by atoms with Crippen LogP contribution in [0.5, 0.6) is 0 Å². The molecule has 2 heterocycles. The third kappa shape index (κ3) is 0.973. The Morgan fingerprint density at radius 1 is 1.27 bits per heavy atom. The smallest absolute Gasteiger partial charge is 0.178 e. The number of thiophene rings is 2. The van der Waals surface area contributed by atoms with Crippen molar-refractivity contribution in [2.75, 3.05) is 0 Å². The molecule has 58 valence electrons. The third-order valence-corrected chi connectivity index (χ3v) is 3.57. The summed E-state index contributed by atoms with van der Waals surface area (Å²) in [4.78, 5) is 0.631. The Balaban J connectivity index is 2.88. The van der Waals surface area contributed by atoms with Gasteiger partial charge in [0, 0.05) is 10.3 Å². The van der Waals surface area contributed by atoms with Crippen molar-refractivity contribution >= 4 is 32.1 Å². The maximum Gasteiger partial charge on any atom is 0.178 e. The number of halogens is 2. The van der Waals surface area contributed by atoms with Crippen LogP contribution in [0.4, 0.5) is 8.78 Å². The highest BCUT2D eigenvalue weighted by molar-refractivity contribution is 7.37.